The van der Waals surface area contributed by atoms with Crippen molar-refractivity contribution < 1.29 is 9.90 Å². The summed E-state index contributed by atoms with van der Waals surface area (Å²) in [7, 11) is 0. The fraction of sp³-hybridized carbons (Fsp3) is 0.188. The van der Waals surface area contributed by atoms with Crippen LogP contribution in [0.2, 0.25) is 0 Å². The van der Waals surface area contributed by atoms with E-state index in [9.17, 15) is 4.79 Å². The molecule has 0 radical (unpaired) electrons. The maximum Gasteiger partial charge on any atom is 0.338 e. The van der Waals surface area contributed by atoms with Crippen LogP contribution >= 0.6 is 0 Å². The van der Waals surface area contributed by atoms with E-state index < -0.39 is 5.97 Å². The average molecular weight is 294 g/mol. The van der Waals surface area contributed by atoms with Crippen molar-refractivity contribution in [3.05, 3.63) is 53.8 Å². The summed E-state index contributed by atoms with van der Waals surface area (Å²) < 4.78 is 3.56. The van der Waals surface area contributed by atoms with Crippen molar-refractivity contribution in [3.8, 4) is 5.69 Å². The first-order valence-corrected chi connectivity index (χ1v) is 6.81. The van der Waals surface area contributed by atoms with Crippen LogP contribution in [0.15, 0.2) is 36.8 Å². The van der Waals surface area contributed by atoms with Gasteiger partial charge in [-0.3, -0.25) is 0 Å². The van der Waals surface area contributed by atoms with Gasteiger partial charge in [0.05, 0.1) is 24.0 Å². The van der Waals surface area contributed by atoms with Crippen LogP contribution in [0.4, 0.5) is 5.69 Å². The minimum Gasteiger partial charge on any atom is -0.478 e. The van der Waals surface area contributed by atoms with Crippen LogP contribution in [0.5, 0.6) is 0 Å². The lowest BCUT2D eigenvalue weighted by atomic mass is 10.2. The van der Waals surface area contributed by atoms with E-state index in [1.807, 2.05) is 24.4 Å². The average Bonchev–Trinajstić information content (AvgIpc) is 3.11. The van der Waals surface area contributed by atoms with E-state index in [1.54, 1.807) is 0 Å². The lowest BCUT2D eigenvalue weighted by molar-refractivity contribution is 0.0697. The number of rotatable bonds is 3. The molecule has 2 aromatic heterocycles. The standard InChI is InChI=1S/C16H14N4O2/c1-10(2)19-9-14(17-3)13-6-12(4-5-15(13)19)20-8-11(7-18-20)16(21)22/h4-10H,1-2H3,(H,21,22). The molecule has 0 bridgehead atoms. The second-order valence-electron chi connectivity index (χ2n) is 5.31. The van der Waals surface area contributed by atoms with Gasteiger partial charge in [-0.2, -0.15) is 5.10 Å². The predicted octanol–water partition coefficient (Wildman–Crippen LogP) is 3.66. The third-order valence-electron chi connectivity index (χ3n) is 3.57. The molecule has 0 saturated carbocycles. The highest BCUT2D eigenvalue weighted by Crippen LogP contribution is 2.32. The topological polar surface area (TPSA) is 64.4 Å². The van der Waals surface area contributed by atoms with E-state index in [-0.39, 0.29) is 11.6 Å². The van der Waals surface area contributed by atoms with Gasteiger partial charge in [0.1, 0.15) is 0 Å². The number of carboxylic acids is 1. The number of aromatic carboxylic acids is 1. The maximum atomic E-state index is 10.9. The molecule has 6 heteroatoms. The Kier molecular flexibility index (Phi) is 3.18. The molecular weight excluding hydrogens is 280 g/mol. The highest BCUT2D eigenvalue weighted by atomic mass is 16.4. The van der Waals surface area contributed by atoms with Crippen molar-refractivity contribution in [2.45, 2.75) is 19.9 Å². The summed E-state index contributed by atoms with van der Waals surface area (Å²) in [5, 5.41) is 13.9. The number of carboxylic acid groups (broad SMARTS) is 1. The Morgan fingerprint density at radius 3 is 2.73 bits per heavy atom. The van der Waals surface area contributed by atoms with Crippen molar-refractivity contribution in [3.63, 3.8) is 0 Å². The van der Waals surface area contributed by atoms with Gasteiger partial charge < -0.3 is 9.67 Å². The summed E-state index contributed by atoms with van der Waals surface area (Å²) in [5.74, 6) is -1.01. The summed E-state index contributed by atoms with van der Waals surface area (Å²) in [6.07, 6.45) is 4.61. The van der Waals surface area contributed by atoms with Crippen molar-refractivity contribution in [2.75, 3.05) is 0 Å². The second-order valence-corrected chi connectivity index (χ2v) is 5.31. The molecule has 1 aromatic carbocycles. The predicted molar refractivity (Wildman–Crippen MR) is 82.7 cm³/mol. The van der Waals surface area contributed by atoms with E-state index in [1.165, 1.54) is 17.1 Å². The van der Waals surface area contributed by atoms with E-state index in [4.69, 9.17) is 11.7 Å². The van der Waals surface area contributed by atoms with Crippen LogP contribution in [-0.4, -0.2) is 25.4 Å². The number of hydrogen-bond donors (Lipinski definition) is 1. The number of hydrogen-bond acceptors (Lipinski definition) is 2. The van der Waals surface area contributed by atoms with E-state index in [2.05, 4.69) is 28.4 Å². The van der Waals surface area contributed by atoms with E-state index in [0.29, 0.717) is 5.69 Å². The summed E-state index contributed by atoms with van der Waals surface area (Å²) in [4.78, 5) is 14.5. The molecule has 1 N–H and O–H groups in total. The molecule has 6 nitrogen and oxygen atoms in total. The third kappa shape index (κ3) is 2.13. The minimum atomic E-state index is -1.01. The van der Waals surface area contributed by atoms with Crippen molar-refractivity contribution in [2.24, 2.45) is 0 Å². The molecule has 0 unspecified atom stereocenters. The lowest BCUT2D eigenvalue weighted by Crippen LogP contribution is -1.99. The molecule has 0 saturated heterocycles. The minimum absolute atomic E-state index is 0.130. The molecule has 3 aromatic rings. The zero-order valence-electron chi connectivity index (χ0n) is 12.2. The van der Waals surface area contributed by atoms with Crippen molar-refractivity contribution >= 4 is 22.6 Å². The molecule has 0 fully saturated rings. The van der Waals surface area contributed by atoms with Crippen LogP contribution < -0.4 is 0 Å². The number of nitrogens with zero attached hydrogens (tertiary/aromatic N) is 4. The zero-order chi connectivity index (χ0) is 15.9. The summed E-state index contributed by atoms with van der Waals surface area (Å²) in [6.45, 7) is 11.5. The van der Waals surface area contributed by atoms with Gasteiger partial charge in [-0.25, -0.2) is 14.3 Å². The molecule has 0 atom stereocenters. The van der Waals surface area contributed by atoms with Gasteiger partial charge >= 0.3 is 5.97 Å². The Labute approximate surface area is 127 Å². The Morgan fingerprint density at radius 1 is 1.36 bits per heavy atom. The van der Waals surface area contributed by atoms with Crippen LogP contribution in [0.1, 0.15) is 30.2 Å². The first-order valence-electron chi connectivity index (χ1n) is 6.81. The van der Waals surface area contributed by atoms with E-state index in [0.717, 1.165) is 16.6 Å². The number of aromatic nitrogens is 3. The molecule has 0 aliphatic rings. The lowest BCUT2D eigenvalue weighted by Gasteiger charge is -2.10. The molecule has 2 heterocycles. The van der Waals surface area contributed by atoms with Crippen LogP contribution in [0, 0.1) is 6.57 Å². The molecule has 3 rings (SSSR count). The Hall–Kier alpha value is -3.07. The largest absolute Gasteiger partial charge is 0.478 e. The normalized spacial score (nSPS) is 11.0. The molecule has 0 amide bonds. The fourth-order valence-electron chi connectivity index (χ4n) is 2.46. The molecule has 0 spiro atoms. The number of carbonyl (C=O) groups is 1. The summed E-state index contributed by atoms with van der Waals surface area (Å²) >= 11 is 0. The quantitative estimate of drug-likeness (QED) is 0.750. The van der Waals surface area contributed by atoms with Gasteiger partial charge in [0, 0.05) is 29.3 Å². The number of benzene rings is 1. The zero-order valence-corrected chi connectivity index (χ0v) is 12.2. The second kappa shape index (κ2) is 5.04. The summed E-state index contributed by atoms with van der Waals surface area (Å²) in [5.41, 5.74) is 2.42. The third-order valence-corrected chi connectivity index (χ3v) is 3.57. The Morgan fingerprint density at radius 2 is 2.14 bits per heavy atom. The van der Waals surface area contributed by atoms with Gasteiger partial charge in [0.15, 0.2) is 0 Å². The monoisotopic (exact) mass is 294 g/mol. The number of fused-ring (bicyclic) bond motifs is 1. The first-order chi connectivity index (χ1) is 10.5. The van der Waals surface area contributed by atoms with Crippen LogP contribution in [0.3, 0.4) is 0 Å². The Bertz CT molecular complexity index is 912. The fourth-order valence-corrected chi connectivity index (χ4v) is 2.46. The molecule has 0 aliphatic carbocycles. The molecular formula is C16H14N4O2. The SMILES string of the molecule is [C-]#[N+]c1cn(C(C)C)c2ccc(-n3cc(C(=O)O)cn3)cc12. The first kappa shape index (κ1) is 13.9. The van der Waals surface area contributed by atoms with Crippen molar-refractivity contribution in [1.29, 1.82) is 0 Å². The smallest absolute Gasteiger partial charge is 0.338 e. The van der Waals surface area contributed by atoms with Gasteiger partial charge in [-0.1, -0.05) is 0 Å². The highest BCUT2D eigenvalue weighted by Gasteiger charge is 2.13. The van der Waals surface area contributed by atoms with Crippen LogP contribution in [-0.2, 0) is 0 Å². The molecule has 22 heavy (non-hydrogen) atoms. The van der Waals surface area contributed by atoms with Gasteiger partial charge in [-0.05, 0) is 32.0 Å². The maximum absolute atomic E-state index is 10.9. The Balaban J connectivity index is 2.17. The van der Waals surface area contributed by atoms with Crippen molar-refractivity contribution in [1.82, 2.24) is 14.3 Å². The van der Waals surface area contributed by atoms with Gasteiger partial charge in [0.25, 0.3) is 0 Å². The van der Waals surface area contributed by atoms with Gasteiger partial charge in [0.2, 0.25) is 5.69 Å². The van der Waals surface area contributed by atoms with Crippen LogP contribution in [0.25, 0.3) is 21.4 Å². The summed E-state index contributed by atoms with van der Waals surface area (Å²) in [6, 6.07) is 5.92. The highest BCUT2D eigenvalue weighted by molar-refractivity contribution is 5.95. The molecule has 110 valence electrons. The van der Waals surface area contributed by atoms with E-state index >= 15 is 0 Å². The van der Waals surface area contributed by atoms with Gasteiger partial charge in [-0.15, -0.1) is 0 Å². The molecule has 0 aliphatic heterocycles.